The highest BCUT2D eigenvalue weighted by Crippen LogP contribution is 2.55. The van der Waals surface area contributed by atoms with E-state index in [0.717, 1.165) is 11.3 Å². The highest BCUT2D eigenvalue weighted by molar-refractivity contribution is 5.91. The number of methoxy groups -OCH3 is 2. The maximum absolute atomic E-state index is 13.0. The van der Waals surface area contributed by atoms with Gasteiger partial charge in [0.15, 0.2) is 11.2 Å². The monoisotopic (exact) mass is 399 g/mol. The van der Waals surface area contributed by atoms with Crippen LogP contribution in [0.3, 0.4) is 0 Å². The van der Waals surface area contributed by atoms with Crippen molar-refractivity contribution in [1.29, 1.82) is 10.5 Å². The van der Waals surface area contributed by atoms with E-state index in [2.05, 4.69) is 12.1 Å². The lowest BCUT2D eigenvalue weighted by molar-refractivity contribution is -0.118. The number of fused-ring (bicyclic) bond motifs is 3. The first-order valence-corrected chi connectivity index (χ1v) is 9.62. The van der Waals surface area contributed by atoms with Crippen molar-refractivity contribution < 1.29 is 14.3 Å². The molecule has 4 rings (SSSR count). The highest BCUT2D eigenvalue weighted by atomic mass is 16.5. The van der Waals surface area contributed by atoms with Crippen LogP contribution in [0.5, 0.6) is 11.5 Å². The molecule has 1 fully saturated rings. The van der Waals surface area contributed by atoms with Gasteiger partial charge in [-0.1, -0.05) is 30.4 Å². The summed E-state index contributed by atoms with van der Waals surface area (Å²) in [5.74, 6) is 0.286. The Hall–Kier alpha value is -3.77. The molecule has 6 nitrogen and oxygen atoms in total. The van der Waals surface area contributed by atoms with E-state index in [0.29, 0.717) is 17.1 Å². The van der Waals surface area contributed by atoms with E-state index < -0.39 is 23.4 Å². The smallest absolute Gasteiger partial charge is 0.176 e. The Balaban J connectivity index is 2.00. The summed E-state index contributed by atoms with van der Waals surface area (Å²) in [6.45, 7) is 1.51. The van der Waals surface area contributed by atoms with Gasteiger partial charge in [0.2, 0.25) is 0 Å². The molecule has 30 heavy (non-hydrogen) atoms. The van der Waals surface area contributed by atoms with Gasteiger partial charge in [0.05, 0.1) is 38.4 Å². The standard InChI is InChI=1S/C24H21N3O3/c1-15(28)23-22(17-10-18(29-2)12-19(11-17)30-3)24(13-25,14-26)21-9-8-16-6-4-5-7-20(16)27(21)23/h4-12,21-23H,1-3H3/t21-,22+,23-/m0/s1. The van der Waals surface area contributed by atoms with Crippen LogP contribution in [0.4, 0.5) is 5.69 Å². The number of ketones is 1. The number of rotatable bonds is 4. The Morgan fingerprint density at radius 1 is 1.07 bits per heavy atom. The average Bonchev–Trinajstić information content (AvgIpc) is 3.10. The molecular formula is C24H21N3O3. The Bertz CT molecular complexity index is 1090. The third kappa shape index (κ3) is 2.65. The van der Waals surface area contributed by atoms with E-state index in [1.165, 1.54) is 6.92 Å². The molecular weight excluding hydrogens is 378 g/mol. The Labute approximate surface area is 175 Å². The molecule has 0 bridgehead atoms. The maximum Gasteiger partial charge on any atom is 0.176 e. The van der Waals surface area contributed by atoms with Crippen molar-refractivity contribution >= 4 is 17.5 Å². The number of hydrogen-bond acceptors (Lipinski definition) is 6. The molecule has 1 saturated heterocycles. The van der Waals surface area contributed by atoms with Crippen LogP contribution in [-0.2, 0) is 4.79 Å². The van der Waals surface area contributed by atoms with Gasteiger partial charge in [0.25, 0.3) is 0 Å². The Morgan fingerprint density at radius 2 is 1.70 bits per heavy atom. The lowest BCUT2D eigenvalue weighted by atomic mass is 9.69. The molecule has 6 heteroatoms. The van der Waals surface area contributed by atoms with Gasteiger partial charge < -0.3 is 14.4 Å². The minimum absolute atomic E-state index is 0.107. The minimum Gasteiger partial charge on any atom is -0.497 e. The van der Waals surface area contributed by atoms with Gasteiger partial charge >= 0.3 is 0 Å². The number of para-hydroxylation sites is 1. The number of benzene rings is 2. The second-order valence-electron chi connectivity index (χ2n) is 7.54. The van der Waals surface area contributed by atoms with Gasteiger partial charge in [-0.3, -0.25) is 4.79 Å². The number of ether oxygens (including phenoxy) is 2. The molecule has 3 atom stereocenters. The summed E-state index contributed by atoms with van der Waals surface area (Å²) in [5.41, 5.74) is 0.999. The zero-order valence-corrected chi connectivity index (χ0v) is 17.0. The maximum atomic E-state index is 13.0. The van der Waals surface area contributed by atoms with Crippen LogP contribution < -0.4 is 14.4 Å². The van der Waals surface area contributed by atoms with Crippen molar-refractivity contribution in [2.45, 2.75) is 24.9 Å². The summed E-state index contributed by atoms with van der Waals surface area (Å²) in [6, 6.07) is 16.3. The predicted octanol–water partition coefficient (Wildman–Crippen LogP) is 3.69. The molecule has 0 spiro atoms. The third-order valence-electron chi connectivity index (χ3n) is 6.06. The molecule has 2 heterocycles. The van der Waals surface area contributed by atoms with Crippen molar-refractivity contribution in [2.24, 2.45) is 5.41 Å². The second-order valence-corrected chi connectivity index (χ2v) is 7.54. The average molecular weight is 399 g/mol. The topological polar surface area (TPSA) is 86.3 Å². The van der Waals surface area contributed by atoms with Crippen LogP contribution in [0.2, 0.25) is 0 Å². The van der Waals surface area contributed by atoms with Gasteiger partial charge in [-0.05, 0) is 36.2 Å². The van der Waals surface area contributed by atoms with Crippen molar-refractivity contribution in [1.82, 2.24) is 0 Å². The van der Waals surface area contributed by atoms with E-state index >= 15 is 0 Å². The summed E-state index contributed by atoms with van der Waals surface area (Å²) in [5, 5.41) is 20.6. The fraction of sp³-hybridized carbons (Fsp3) is 0.292. The van der Waals surface area contributed by atoms with Crippen molar-refractivity contribution in [3.8, 4) is 23.6 Å². The fourth-order valence-electron chi connectivity index (χ4n) is 4.77. The van der Waals surface area contributed by atoms with E-state index in [-0.39, 0.29) is 5.78 Å². The molecule has 0 amide bonds. The zero-order valence-electron chi connectivity index (χ0n) is 17.0. The third-order valence-corrected chi connectivity index (χ3v) is 6.06. The van der Waals surface area contributed by atoms with E-state index in [4.69, 9.17) is 9.47 Å². The second kappa shape index (κ2) is 7.24. The van der Waals surface area contributed by atoms with Crippen LogP contribution in [0.15, 0.2) is 48.5 Å². The number of hydrogen-bond donors (Lipinski definition) is 0. The molecule has 2 aromatic carbocycles. The van der Waals surface area contributed by atoms with Crippen LogP contribution >= 0.6 is 0 Å². The van der Waals surface area contributed by atoms with E-state index in [1.54, 1.807) is 32.4 Å². The number of Topliss-reactive ketones (excluding diaryl/α,β-unsaturated/α-hetero) is 1. The van der Waals surface area contributed by atoms with Gasteiger partial charge in [0.1, 0.15) is 11.5 Å². The van der Waals surface area contributed by atoms with Crippen LogP contribution in [-0.4, -0.2) is 32.1 Å². The van der Waals surface area contributed by atoms with Crippen molar-refractivity contribution in [2.75, 3.05) is 19.1 Å². The molecule has 0 radical (unpaired) electrons. The quantitative estimate of drug-likeness (QED) is 0.779. The molecule has 2 aliphatic rings. The van der Waals surface area contributed by atoms with Gasteiger partial charge in [-0.15, -0.1) is 0 Å². The summed E-state index contributed by atoms with van der Waals surface area (Å²) < 4.78 is 10.8. The lowest BCUT2D eigenvalue weighted by Gasteiger charge is -2.35. The molecule has 0 N–H and O–H groups in total. The van der Waals surface area contributed by atoms with Crippen molar-refractivity contribution in [3.05, 3.63) is 59.7 Å². The molecule has 0 unspecified atom stereocenters. The van der Waals surface area contributed by atoms with Crippen LogP contribution in [0.25, 0.3) is 6.08 Å². The SMILES string of the molecule is COc1cc(OC)cc([C@@H]2[C@H](C(C)=O)N3c4ccccc4C=C[C@H]3C2(C#N)C#N)c1. The summed E-state index contributed by atoms with van der Waals surface area (Å²) in [4.78, 5) is 14.9. The number of carbonyl (C=O) groups is 1. The summed E-state index contributed by atoms with van der Waals surface area (Å²) >= 11 is 0. The molecule has 0 aromatic heterocycles. The largest absolute Gasteiger partial charge is 0.497 e. The number of carbonyl (C=O) groups excluding carboxylic acids is 1. The number of nitrogens with zero attached hydrogens (tertiary/aromatic N) is 3. The first-order valence-electron chi connectivity index (χ1n) is 9.62. The molecule has 0 aliphatic carbocycles. The van der Waals surface area contributed by atoms with Crippen LogP contribution in [0, 0.1) is 28.1 Å². The van der Waals surface area contributed by atoms with Gasteiger partial charge in [-0.25, -0.2) is 0 Å². The van der Waals surface area contributed by atoms with E-state index in [1.807, 2.05) is 41.3 Å². The number of anilines is 1. The minimum atomic E-state index is -1.46. The summed E-state index contributed by atoms with van der Waals surface area (Å²) in [6.07, 6.45) is 3.79. The Morgan fingerprint density at radius 3 is 2.27 bits per heavy atom. The van der Waals surface area contributed by atoms with E-state index in [9.17, 15) is 15.3 Å². The Kier molecular flexibility index (Phi) is 4.72. The summed E-state index contributed by atoms with van der Waals surface area (Å²) in [7, 11) is 3.08. The number of nitriles is 2. The zero-order chi connectivity index (χ0) is 21.5. The van der Waals surface area contributed by atoms with Crippen molar-refractivity contribution in [3.63, 3.8) is 0 Å². The lowest BCUT2D eigenvalue weighted by Crippen LogP contribution is -2.43. The molecule has 0 saturated carbocycles. The first kappa shape index (κ1) is 19.5. The predicted molar refractivity (Wildman–Crippen MR) is 112 cm³/mol. The molecule has 2 aliphatic heterocycles. The fourth-order valence-corrected chi connectivity index (χ4v) is 4.77. The molecule has 150 valence electrons. The van der Waals surface area contributed by atoms with Gasteiger partial charge in [0, 0.05) is 17.7 Å². The molecule has 2 aromatic rings. The normalized spacial score (nSPS) is 23.0. The van der Waals surface area contributed by atoms with Crippen LogP contribution in [0.1, 0.15) is 24.0 Å². The first-order chi connectivity index (χ1) is 14.5. The highest BCUT2D eigenvalue weighted by Gasteiger charge is 2.62. The van der Waals surface area contributed by atoms with Gasteiger partial charge in [-0.2, -0.15) is 10.5 Å².